The minimum absolute atomic E-state index is 0.355. The zero-order chi connectivity index (χ0) is 23.7. The third-order valence-electron chi connectivity index (χ3n) is 7.58. The Labute approximate surface area is 205 Å². The van der Waals surface area contributed by atoms with Crippen molar-refractivity contribution >= 4 is 0 Å². The van der Waals surface area contributed by atoms with Crippen LogP contribution in [0.1, 0.15) is 53.0 Å². The quantitative estimate of drug-likeness (QED) is 0.377. The van der Waals surface area contributed by atoms with E-state index >= 15 is 0 Å². The molecule has 0 spiro atoms. The van der Waals surface area contributed by atoms with Gasteiger partial charge in [0.05, 0.1) is 0 Å². The van der Waals surface area contributed by atoms with Crippen molar-refractivity contribution in [1.29, 1.82) is 0 Å². The molecule has 0 amide bonds. The molecule has 34 heavy (non-hydrogen) atoms. The average molecular weight is 443 g/mol. The van der Waals surface area contributed by atoms with Crippen molar-refractivity contribution in [2.75, 3.05) is 0 Å². The Balaban J connectivity index is 1.74. The summed E-state index contributed by atoms with van der Waals surface area (Å²) in [6, 6.07) is 20.1. The summed E-state index contributed by atoms with van der Waals surface area (Å²) in [4.78, 5) is 0. The van der Waals surface area contributed by atoms with E-state index in [2.05, 4.69) is 119 Å². The van der Waals surface area contributed by atoms with Gasteiger partial charge in [0.2, 0.25) is 0 Å². The predicted molar refractivity (Wildman–Crippen MR) is 147 cm³/mol. The lowest BCUT2D eigenvalue weighted by Gasteiger charge is -2.26. The molecule has 3 aromatic carbocycles. The Kier molecular flexibility index (Phi) is 6.24. The van der Waals surface area contributed by atoms with Gasteiger partial charge in [-0.2, -0.15) is 0 Å². The molecule has 1 unspecified atom stereocenters. The van der Waals surface area contributed by atoms with E-state index in [0.29, 0.717) is 5.92 Å². The minimum atomic E-state index is 0.355. The van der Waals surface area contributed by atoms with Crippen LogP contribution >= 0.6 is 0 Å². The fourth-order valence-corrected chi connectivity index (χ4v) is 5.52. The van der Waals surface area contributed by atoms with Crippen molar-refractivity contribution in [1.82, 2.24) is 0 Å². The number of allylic oxidation sites excluding steroid dienone is 8. The summed E-state index contributed by atoms with van der Waals surface area (Å²) in [5.74, 6) is 0.355. The molecular weight excluding hydrogens is 408 g/mol. The van der Waals surface area contributed by atoms with E-state index in [0.717, 1.165) is 19.3 Å². The molecule has 1 atom stereocenters. The maximum absolute atomic E-state index is 2.51. The second-order valence-corrected chi connectivity index (χ2v) is 9.77. The van der Waals surface area contributed by atoms with Crippen LogP contribution in [-0.2, 0) is 0 Å². The lowest BCUT2D eigenvalue weighted by molar-refractivity contribution is 0.845. The molecule has 0 N–H and O–H groups in total. The Morgan fingerprint density at radius 3 is 2.00 bits per heavy atom. The number of benzene rings is 3. The number of aryl methyl sites for hydroxylation is 2. The highest BCUT2D eigenvalue weighted by Crippen LogP contribution is 2.43. The zero-order valence-corrected chi connectivity index (χ0v) is 20.9. The molecule has 0 aliphatic heterocycles. The third kappa shape index (κ3) is 4.14. The largest absolute Gasteiger partial charge is 0.0836 e. The summed E-state index contributed by atoms with van der Waals surface area (Å²) in [5.41, 5.74) is 15.1. The van der Waals surface area contributed by atoms with Gasteiger partial charge in [-0.15, -0.1) is 0 Å². The molecule has 2 aliphatic carbocycles. The van der Waals surface area contributed by atoms with E-state index in [4.69, 9.17) is 0 Å². The monoisotopic (exact) mass is 442 g/mol. The van der Waals surface area contributed by atoms with Crippen LogP contribution in [0.4, 0.5) is 0 Å². The summed E-state index contributed by atoms with van der Waals surface area (Å²) in [5, 5.41) is 0. The summed E-state index contributed by atoms with van der Waals surface area (Å²) in [7, 11) is 0. The van der Waals surface area contributed by atoms with Crippen LogP contribution in [0.2, 0.25) is 0 Å². The summed E-state index contributed by atoms with van der Waals surface area (Å²) >= 11 is 0. The van der Waals surface area contributed by atoms with Gasteiger partial charge in [0.25, 0.3) is 0 Å². The van der Waals surface area contributed by atoms with Crippen LogP contribution in [-0.4, -0.2) is 0 Å². The van der Waals surface area contributed by atoms with Gasteiger partial charge < -0.3 is 0 Å². The van der Waals surface area contributed by atoms with Gasteiger partial charge in [-0.05, 0) is 114 Å². The molecule has 0 heterocycles. The molecule has 0 nitrogen and oxygen atoms in total. The van der Waals surface area contributed by atoms with Crippen LogP contribution < -0.4 is 0 Å². The topological polar surface area (TPSA) is 0 Å². The Hall–Kier alpha value is -3.38. The van der Waals surface area contributed by atoms with Crippen molar-refractivity contribution in [3.63, 3.8) is 0 Å². The van der Waals surface area contributed by atoms with E-state index in [9.17, 15) is 0 Å². The van der Waals surface area contributed by atoms with Gasteiger partial charge in [0.1, 0.15) is 0 Å². The number of hydrogen-bond acceptors (Lipinski definition) is 0. The lowest BCUT2D eigenvalue weighted by atomic mass is 9.78. The molecule has 0 heteroatoms. The van der Waals surface area contributed by atoms with Crippen molar-refractivity contribution in [2.45, 2.75) is 52.9 Å². The highest BCUT2D eigenvalue weighted by Gasteiger charge is 2.23. The van der Waals surface area contributed by atoms with Gasteiger partial charge in [-0.1, -0.05) is 85.0 Å². The van der Waals surface area contributed by atoms with Gasteiger partial charge in [-0.3, -0.25) is 0 Å². The number of rotatable bonds is 4. The van der Waals surface area contributed by atoms with Crippen molar-refractivity contribution < 1.29 is 0 Å². The molecule has 0 aromatic heterocycles. The van der Waals surface area contributed by atoms with Crippen LogP contribution in [0.15, 0.2) is 102 Å². The van der Waals surface area contributed by atoms with Crippen molar-refractivity contribution in [3.05, 3.63) is 130 Å². The summed E-state index contributed by atoms with van der Waals surface area (Å²) in [6.45, 7) is 9.07. The molecular formula is C34H34. The zero-order valence-electron chi connectivity index (χ0n) is 20.9. The van der Waals surface area contributed by atoms with Gasteiger partial charge in [0.15, 0.2) is 0 Å². The number of hydrogen-bond donors (Lipinski definition) is 0. The molecule has 0 saturated heterocycles. The molecule has 170 valence electrons. The first-order chi connectivity index (χ1) is 16.5. The van der Waals surface area contributed by atoms with E-state index in [1.807, 2.05) is 0 Å². The predicted octanol–water partition coefficient (Wildman–Crippen LogP) is 9.50. The first-order valence-corrected chi connectivity index (χ1v) is 12.6. The molecule has 3 aromatic rings. The third-order valence-corrected chi connectivity index (χ3v) is 7.58. The molecule has 0 bridgehead atoms. The van der Waals surface area contributed by atoms with E-state index < -0.39 is 0 Å². The minimum Gasteiger partial charge on any atom is -0.0836 e. The lowest BCUT2D eigenvalue weighted by Crippen LogP contribution is -2.07. The molecule has 0 saturated carbocycles. The highest BCUT2D eigenvalue weighted by atomic mass is 14.3. The smallest absolute Gasteiger partial charge is 0.00682 e. The molecule has 0 radical (unpaired) electrons. The van der Waals surface area contributed by atoms with Crippen LogP contribution in [0.5, 0.6) is 0 Å². The standard InChI is InChI=1S/C34H34/c1-23-13-8-10-19-30(23)32-22-33(29-18-12-17-28(21-29)27-15-6-5-7-16-27)34(26(4)25(32)3)31-20-11-9-14-24(31)2/h6,8-17,19-22,29H,5,7,18H2,1-4H3. The first kappa shape index (κ1) is 22.4. The molecule has 5 rings (SSSR count). The second kappa shape index (κ2) is 9.47. The van der Waals surface area contributed by atoms with E-state index in [1.165, 1.54) is 61.2 Å². The van der Waals surface area contributed by atoms with Crippen LogP contribution in [0.25, 0.3) is 22.3 Å². The maximum Gasteiger partial charge on any atom is 0.00682 e. The maximum atomic E-state index is 2.51. The Morgan fingerprint density at radius 1 is 0.647 bits per heavy atom. The van der Waals surface area contributed by atoms with E-state index in [-0.39, 0.29) is 0 Å². The van der Waals surface area contributed by atoms with E-state index in [1.54, 1.807) is 0 Å². The Bertz CT molecular complexity index is 1360. The summed E-state index contributed by atoms with van der Waals surface area (Å²) < 4.78 is 0. The fraction of sp³-hybridized carbons (Fsp3) is 0.235. The van der Waals surface area contributed by atoms with Crippen LogP contribution in [0.3, 0.4) is 0 Å². The molecule has 0 fully saturated rings. The van der Waals surface area contributed by atoms with Crippen LogP contribution in [0, 0.1) is 27.7 Å². The van der Waals surface area contributed by atoms with Crippen molar-refractivity contribution in [2.24, 2.45) is 0 Å². The second-order valence-electron chi connectivity index (χ2n) is 9.77. The SMILES string of the molecule is Cc1ccccc1-c1cc(C2C=C(C3=CCCC=C3)C=CC2)c(-c2ccccc2C)c(C)c1C. The van der Waals surface area contributed by atoms with Crippen molar-refractivity contribution in [3.8, 4) is 22.3 Å². The first-order valence-electron chi connectivity index (χ1n) is 12.6. The summed E-state index contributed by atoms with van der Waals surface area (Å²) in [6.07, 6.45) is 17.5. The van der Waals surface area contributed by atoms with Gasteiger partial charge >= 0.3 is 0 Å². The Morgan fingerprint density at radius 2 is 1.32 bits per heavy atom. The normalized spacial score (nSPS) is 17.5. The molecule has 2 aliphatic rings. The fourth-order valence-electron chi connectivity index (χ4n) is 5.52. The van der Waals surface area contributed by atoms with Gasteiger partial charge in [0, 0.05) is 5.92 Å². The highest BCUT2D eigenvalue weighted by molar-refractivity contribution is 5.83. The average Bonchev–Trinajstić information content (AvgIpc) is 2.87. The van der Waals surface area contributed by atoms with Gasteiger partial charge in [-0.25, -0.2) is 0 Å².